The van der Waals surface area contributed by atoms with E-state index in [0.717, 1.165) is 12.8 Å². The highest BCUT2D eigenvalue weighted by molar-refractivity contribution is 5.93. The number of aliphatic hydroxyl groups excluding tert-OH is 1. The number of benzene rings is 2. The fourth-order valence-electron chi connectivity index (χ4n) is 2.51. The zero-order valence-electron chi connectivity index (χ0n) is 13.8. The lowest BCUT2D eigenvalue weighted by molar-refractivity contribution is 0.0706. The lowest BCUT2D eigenvalue weighted by Gasteiger charge is -2.18. The molecule has 0 unspecified atom stereocenters. The Kier molecular flexibility index (Phi) is 6.93. The van der Waals surface area contributed by atoms with Crippen molar-refractivity contribution in [2.45, 2.75) is 31.9 Å². The highest BCUT2D eigenvalue weighted by Gasteiger charge is 2.12. The third kappa shape index (κ3) is 5.45. The van der Waals surface area contributed by atoms with Crippen molar-refractivity contribution in [3.8, 4) is 0 Å². The average molecular weight is 328 g/mol. The first-order valence-corrected chi connectivity index (χ1v) is 8.10. The monoisotopic (exact) mass is 328 g/mol. The molecule has 0 bridgehead atoms. The van der Waals surface area contributed by atoms with Crippen LogP contribution in [0.2, 0.25) is 0 Å². The van der Waals surface area contributed by atoms with Crippen LogP contribution in [-0.2, 0) is 6.42 Å². The van der Waals surface area contributed by atoms with Crippen molar-refractivity contribution in [1.82, 2.24) is 10.8 Å². The summed E-state index contributed by atoms with van der Waals surface area (Å²) in [6, 6.07) is 17.2. The molecule has 2 aromatic rings. The van der Waals surface area contributed by atoms with Gasteiger partial charge in [0, 0.05) is 18.2 Å². The number of carbonyl (C=O) groups is 1. The molecule has 128 valence electrons. The molecule has 4 N–H and O–H groups in total. The van der Waals surface area contributed by atoms with E-state index in [0.29, 0.717) is 17.7 Å². The first-order valence-electron chi connectivity index (χ1n) is 8.10. The van der Waals surface area contributed by atoms with Crippen LogP contribution < -0.4 is 10.8 Å². The van der Waals surface area contributed by atoms with Crippen molar-refractivity contribution in [2.24, 2.45) is 0 Å². The molecular weight excluding hydrogens is 304 g/mol. The molecule has 0 fully saturated rings. The van der Waals surface area contributed by atoms with Gasteiger partial charge >= 0.3 is 0 Å². The fraction of sp³-hybridized carbons (Fsp3) is 0.316. The van der Waals surface area contributed by atoms with E-state index in [-0.39, 0.29) is 6.04 Å². The number of amides is 1. The molecule has 24 heavy (non-hydrogen) atoms. The first-order chi connectivity index (χ1) is 11.6. The van der Waals surface area contributed by atoms with Crippen molar-refractivity contribution in [3.63, 3.8) is 0 Å². The minimum atomic E-state index is -0.712. The molecule has 0 saturated carbocycles. The predicted molar refractivity (Wildman–Crippen MR) is 92.9 cm³/mol. The number of rotatable bonds is 8. The average Bonchev–Trinajstić information content (AvgIpc) is 2.64. The van der Waals surface area contributed by atoms with E-state index < -0.39 is 12.0 Å². The van der Waals surface area contributed by atoms with E-state index in [2.05, 4.69) is 24.4 Å². The quantitative estimate of drug-likeness (QED) is 0.443. The molecule has 0 aliphatic heterocycles. The predicted octanol–water partition coefficient (Wildman–Crippen LogP) is 2.45. The Morgan fingerprint density at radius 1 is 1.12 bits per heavy atom. The van der Waals surface area contributed by atoms with Crippen LogP contribution in [0.15, 0.2) is 54.6 Å². The Bertz CT molecular complexity index is 646. The maximum atomic E-state index is 11.4. The van der Waals surface area contributed by atoms with Crippen molar-refractivity contribution in [2.75, 3.05) is 6.54 Å². The van der Waals surface area contributed by atoms with Gasteiger partial charge in [0.05, 0.1) is 6.10 Å². The van der Waals surface area contributed by atoms with Gasteiger partial charge in [-0.3, -0.25) is 10.0 Å². The van der Waals surface area contributed by atoms with Gasteiger partial charge in [0.1, 0.15) is 0 Å². The smallest absolute Gasteiger partial charge is 0.274 e. The first kappa shape index (κ1) is 18.1. The second-order valence-electron chi connectivity index (χ2n) is 5.92. The Morgan fingerprint density at radius 3 is 2.58 bits per heavy atom. The number of hydrogen-bond acceptors (Lipinski definition) is 4. The van der Waals surface area contributed by atoms with Gasteiger partial charge in [0.25, 0.3) is 5.91 Å². The summed E-state index contributed by atoms with van der Waals surface area (Å²) in [5.41, 5.74) is 3.84. The van der Waals surface area contributed by atoms with E-state index in [9.17, 15) is 9.90 Å². The number of hydrogen-bond donors (Lipinski definition) is 4. The molecule has 2 aromatic carbocycles. The van der Waals surface area contributed by atoms with Gasteiger partial charge in [0.2, 0.25) is 0 Å². The van der Waals surface area contributed by atoms with Gasteiger partial charge in [-0.25, -0.2) is 5.48 Å². The van der Waals surface area contributed by atoms with Gasteiger partial charge in [-0.05, 0) is 43.0 Å². The highest BCUT2D eigenvalue weighted by atomic mass is 16.5. The number of aliphatic hydroxyl groups is 1. The maximum Gasteiger partial charge on any atom is 0.274 e. The highest BCUT2D eigenvalue weighted by Crippen LogP contribution is 2.14. The second kappa shape index (κ2) is 9.17. The zero-order valence-corrected chi connectivity index (χ0v) is 13.8. The number of nitrogens with one attached hydrogen (secondary N) is 2. The molecule has 0 aliphatic carbocycles. The molecular formula is C19H24N2O3. The largest absolute Gasteiger partial charge is 0.387 e. The Labute approximate surface area is 142 Å². The number of aryl methyl sites for hydroxylation is 1. The van der Waals surface area contributed by atoms with Gasteiger partial charge in [-0.2, -0.15) is 0 Å². The summed E-state index contributed by atoms with van der Waals surface area (Å²) in [5, 5.41) is 22.3. The lowest BCUT2D eigenvalue weighted by Crippen LogP contribution is -2.31. The minimum absolute atomic E-state index is 0.267. The van der Waals surface area contributed by atoms with E-state index in [4.69, 9.17) is 5.21 Å². The Morgan fingerprint density at radius 2 is 1.88 bits per heavy atom. The third-order valence-electron chi connectivity index (χ3n) is 4.00. The molecule has 1 amide bonds. The van der Waals surface area contributed by atoms with Crippen molar-refractivity contribution < 1.29 is 15.1 Å². The normalized spacial score (nSPS) is 13.3. The summed E-state index contributed by atoms with van der Waals surface area (Å²) in [6.07, 6.45) is 1.25. The van der Waals surface area contributed by atoms with Crippen LogP contribution >= 0.6 is 0 Å². The molecule has 2 atom stereocenters. The van der Waals surface area contributed by atoms with Crippen LogP contribution in [0, 0.1) is 0 Å². The van der Waals surface area contributed by atoms with Gasteiger partial charge < -0.3 is 10.4 Å². The van der Waals surface area contributed by atoms with Crippen molar-refractivity contribution in [3.05, 3.63) is 71.3 Å². The zero-order chi connectivity index (χ0) is 17.4. The molecule has 0 aromatic heterocycles. The minimum Gasteiger partial charge on any atom is -0.387 e. The topological polar surface area (TPSA) is 81.6 Å². The van der Waals surface area contributed by atoms with Crippen LogP contribution in [0.4, 0.5) is 0 Å². The molecule has 0 heterocycles. The van der Waals surface area contributed by atoms with Crippen LogP contribution in [0.5, 0.6) is 0 Å². The van der Waals surface area contributed by atoms with E-state index in [1.165, 1.54) is 5.56 Å². The lowest BCUT2D eigenvalue weighted by atomic mass is 10.0. The van der Waals surface area contributed by atoms with Gasteiger partial charge in [-0.15, -0.1) is 0 Å². The molecule has 0 radical (unpaired) electrons. The summed E-state index contributed by atoms with van der Waals surface area (Å²) in [4.78, 5) is 11.4. The van der Waals surface area contributed by atoms with Crippen LogP contribution in [0.3, 0.4) is 0 Å². The number of carbonyl (C=O) groups excluding carboxylic acids is 1. The molecule has 0 spiro atoms. The third-order valence-corrected chi connectivity index (χ3v) is 4.00. The number of hydroxylamine groups is 1. The molecule has 2 rings (SSSR count). The van der Waals surface area contributed by atoms with E-state index in [1.54, 1.807) is 29.7 Å². The summed E-state index contributed by atoms with van der Waals surface area (Å²) in [5.74, 6) is -0.590. The standard InChI is InChI=1S/C19H24N2O3/c1-14(10-11-15-6-3-2-4-7-15)20-13-18(22)16-8-5-9-17(12-16)19(23)21-24/h2-9,12,14,18,20,22,24H,10-11,13H2,1H3,(H,21,23)/t14-,18+/m1/s1. The van der Waals surface area contributed by atoms with Crippen LogP contribution in [0.25, 0.3) is 0 Å². The summed E-state index contributed by atoms with van der Waals surface area (Å²) in [6.45, 7) is 2.49. The van der Waals surface area contributed by atoms with Crippen molar-refractivity contribution >= 4 is 5.91 Å². The Hall–Kier alpha value is -2.21. The Balaban J connectivity index is 1.81. The summed E-state index contributed by atoms with van der Waals surface area (Å²) in [7, 11) is 0. The molecule has 0 saturated heterocycles. The van der Waals surface area contributed by atoms with E-state index >= 15 is 0 Å². The fourth-order valence-corrected chi connectivity index (χ4v) is 2.51. The molecule has 5 heteroatoms. The van der Waals surface area contributed by atoms with Gasteiger partial charge in [-0.1, -0.05) is 42.5 Å². The SMILES string of the molecule is C[C@H](CCc1ccccc1)NC[C@H](O)c1cccc(C(=O)NO)c1. The maximum absolute atomic E-state index is 11.4. The van der Waals surface area contributed by atoms with Crippen LogP contribution in [-0.4, -0.2) is 28.8 Å². The van der Waals surface area contributed by atoms with Crippen LogP contribution in [0.1, 0.15) is 40.9 Å². The summed E-state index contributed by atoms with van der Waals surface area (Å²) >= 11 is 0. The summed E-state index contributed by atoms with van der Waals surface area (Å²) < 4.78 is 0. The van der Waals surface area contributed by atoms with Gasteiger partial charge in [0.15, 0.2) is 0 Å². The molecule has 0 aliphatic rings. The molecule has 5 nitrogen and oxygen atoms in total. The van der Waals surface area contributed by atoms with Crippen molar-refractivity contribution in [1.29, 1.82) is 0 Å². The second-order valence-corrected chi connectivity index (χ2v) is 5.92. The van der Waals surface area contributed by atoms with E-state index in [1.807, 2.05) is 18.2 Å².